The summed E-state index contributed by atoms with van der Waals surface area (Å²) in [6, 6.07) is 13.0. The molecule has 0 saturated carbocycles. The van der Waals surface area contributed by atoms with Crippen molar-refractivity contribution in [1.82, 2.24) is 0 Å². The van der Waals surface area contributed by atoms with E-state index >= 15 is 0 Å². The first-order valence-corrected chi connectivity index (χ1v) is 8.53. The lowest BCUT2D eigenvalue weighted by Gasteiger charge is -2.12. The van der Waals surface area contributed by atoms with Crippen molar-refractivity contribution in [2.45, 2.75) is 20.5 Å². The fourth-order valence-electron chi connectivity index (χ4n) is 2.55. The highest BCUT2D eigenvalue weighted by Crippen LogP contribution is 2.18. The van der Waals surface area contributed by atoms with Crippen molar-refractivity contribution in [3.05, 3.63) is 70.3 Å². The van der Waals surface area contributed by atoms with Crippen LogP contribution >= 0.6 is 0 Å². The molecule has 0 N–H and O–H groups in total. The van der Waals surface area contributed by atoms with Crippen LogP contribution in [0, 0.1) is 19.3 Å². The van der Waals surface area contributed by atoms with Crippen molar-refractivity contribution >= 4 is 17.4 Å². The van der Waals surface area contributed by atoms with E-state index in [2.05, 4.69) is 16.2 Å². The smallest absolute Gasteiger partial charge is 0.360 e. The van der Waals surface area contributed by atoms with Crippen LogP contribution in [0.1, 0.15) is 34.7 Å². The third-order valence-corrected chi connectivity index (χ3v) is 4.11. The number of hydrogen-bond acceptors (Lipinski definition) is 6. The van der Waals surface area contributed by atoms with Gasteiger partial charge in [0, 0.05) is 16.7 Å². The van der Waals surface area contributed by atoms with E-state index in [1.807, 2.05) is 50.2 Å². The van der Waals surface area contributed by atoms with Crippen molar-refractivity contribution in [3.8, 4) is 12.3 Å². The van der Waals surface area contributed by atoms with Gasteiger partial charge in [-0.25, -0.2) is 4.79 Å². The minimum atomic E-state index is -0.595. The Kier molecular flexibility index (Phi) is 7.35. The molecule has 0 atom stereocenters. The summed E-state index contributed by atoms with van der Waals surface area (Å²) < 4.78 is 4.80. The summed E-state index contributed by atoms with van der Waals surface area (Å²) in [4.78, 5) is 22.4. The van der Waals surface area contributed by atoms with Gasteiger partial charge in [0.15, 0.2) is 5.71 Å². The molecule has 2 rings (SSSR count). The van der Waals surface area contributed by atoms with E-state index in [-0.39, 0.29) is 12.3 Å². The third kappa shape index (κ3) is 4.98. The van der Waals surface area contributed by atoms with Crippen LogP contribution in [-0.2, 0) is 25.8 Å². The number of nitrogens with zero attached hydrogens (tertiary/aromatic N) is 2. The second-order valence-corrected chi connectivity index (χ2v) is 5.89. The highest BCUT2D eigenvalue weighted by Gasteiger charge is 2.20. The van der Waals surface area contributed by atoms with Gasteiger partial charge in [0.25, 0.3) is 0 Å². The van der Waals surface area contributed by atoms with Crippen LogP contribution in [0.15, 0.2) is 52.8 Å². The summed E-state index contributed by atoms with van der Waals surface area (Å²) in [5, 5.41) is 7.98. The van der Waals surface area contributed by atoms with Gasteiger partial charge >= 0.3 is 5.97 Å². The van der Waals surface area contributed by atoms with Gasteiger partial charge in [-0.15, -0.1) is 6.42 Å². The lowest BCUT2D eigenvalue weighted by molar-refractivity contribution is -0.132. The SMILES string of the molecule is C#Cc1ccc(/C(C)=N/OCc2c(C)cccc2/C(=N\OC)C(=O)OC)cc1. The Morgan fingerprint density at radius 3 is 2.43 bits per heavy atom. The predicted molar refractivity (Wildman–Crippen MR) is 108 cm³/mol. The molecule has 0 radical (unpaired) electrons. The average Bonchev–Trinajstić information content (AvgIpc) is 2.72. The number of carbonyl (C=O) groups excluding carboxylic acids is 1. The number of rotatable bonds is 7. The van der Waals surface area contributed by atoms with E-state index in [0.29, 0.717) is 11.3 Å². The van der Waals surface area contributed by atoms with Gasteiger partial charge in [-0.1, -0.05) is 46.6 Å². The van der Waals surface area contributed by atoms with E-state index in [4.69, 9.17) is 20.8 Å². The summed E-state index contributed by atoms with van der Waals surface area (Å²) >= 11 is 0. The molecule has 0 aliphatic rings. The third-order valence-electron chi connectivity index (χ3n) is 4.11. The molecule has 0 aliphatic carbocycles. The van der Waals surface area contributed by atoms with Crippen LogP contribution in [0.4, 0.5) is 0 Å². The zero-order valence-corrected chi connectivity index (χ0v) is 16.4. The van der Waals surface area contributed by atoms with E-state index < -0.39 is 5.97 Å². The minimum Gasteiger partial charge on any atom is -0.464 e. The Bertz CT molecular complexity index is 938. The number of terminal acetylenes is 1. The molecule has 0 aromatic heterocycles. The standard InChI is InChI=1S/C22H22N2O4/c1-6-17-10-12-18(13-11-17)16(3)23-28-14-20-15(2)8-7-9-19(20)21(24-27-5)22(25)26-4/h1,7-13H,14H2,2-5H3/b23-16+,24-21+. The van der Waals surface area contributed by atoms with Crippen molar-refractivity contribution in [3.63, 3.8) is 0 Å². The number of hydrogen-bond donors (Lipinski definition) is 0. The Morgan fingerprint density at radius 2 is 1.82 bits per heavy atom. The van der Waals surface area contributed by atoms with Crippen LogP contribution in [0.2, 0.25) is 0 Å². The van der Waals surface area contributed by atoms with Crippen molar-refractivity contribution in [2.75, 3.05) is 14.2 Å². The number of aryl methyl sites for hydroxylation is 1. The second kappa shape index (κ2) is 9.93. The molecule has 0 amide bonds. The van der Waals surface area contributed by atoms with Gasteiger partial charge in [-0.3, -0.25) is 0 Å². The molecule has 0 bridgehead atoms. The van der Waals surface area contributed by atoms with Crippen molar-refractivity contribution in [1.29, 1.82) is 0 Å². The molecule has 0 heterocycles. The number of ether oxygens (including phenoxy) is 1. The molecule has 144 valence electrons. The summed E-state index contributed by atoms with van der Waals surface area (Å²) in [5.74, 6) is 1.98. The summed E-state index contributed by atoms with van der Waals surface area (Å²) in [6.45, 7) is 3.91. The van der Waals surface area contributed by atoms with Crippen molar-refractivity contribution in [2.24, 2.45) is 10.3 Å². The largest absolute Gasteiger partial charge is 0.464 e. The summed E-state index contributed by atoms with van der Waals surface area (Å²) in [5.41, 5.74) is 4.74. The van der Waals surface area contributed by atoms with Gasteiger partial charge in [0.05, 0.1) is 12.8 Å². The lowest BCUT2D eigenvalue weighted by Crippen LogP contribution is -2.20. The molecule has 0 saturated heterocycles. The van der Waals surface area contributed by atoms with Crippen LogP contribution < -0.4 is 0 Å². The molecular formula is C22H22N2O4. The zero-order valence-electron chi connectivity index (χ0n) is 16.4. The number of benzene rings is 2. The Balaban J connectivity index is 2.25. The molecule has 0 fully saturated rings. The van der Waals surface area contributed by atoms with Gasteiger partial charge in [-0.2, -0.15) is 0 Å². The molecule has 6 nitrogen and oxygen atoms in total. The number of oxime groups is 2. The van der Waals surface area contributed by atoms with Gasteiger partial charge in [0.2, 0.25) is 0 Å². The fourth-order valence-corrected chi connectivity index (χ4v) is 2.55. The molecule has 0 aliphatic heterocycles. The molecule has 6 heteroatoms. The van der Waals surface area contributed by atoms with E-state index in [1.54, 1.807) is 6.07 Å². The van der Waals surface area contributed by atoms with Crippen LogP contribution in [0.3, 0.4) is 0 Å². The van der Waals surface area contributed by atoms with E-state index in [0.717, 1.165) is 22.3 Å². The Hall–Kier alpha value is -3.59. The zero-order chi connectivity index (χ0) is 20.5. The highest BCUT2D eigenvalue weighted by molar-refractivity contribution is 6.43. The minimum absolute atomic E-state index is 0.0675. The molecule has 0 unspecified atom stereocenters. The first-order chi connectivity index (χ1) is 13.5. The molecule has 28 heavy (non-hydrogen) atoms. The monoisotopic (exact) mass is 378 g/mol. The Morgan fingerprint density at radius 1 is 1.11 bits per heavy atom. The molecular weight excluding hydrogens is 356 g/mol. The molecule has 2 aromatic carbocycles. The summed E-state index contributed by atoms with van der Waals surface area (Å²) in [7, 11) is 2.66. The number of methoxy groups -OCH3 is 1. The second-order valence-electron chi connectivity index (χ2n) is 5.89. The van der Waals surface area contributed by atoms with Crippen molar-refractivity contribution < 1.29 is 19.2 Å². The van der Waals surface area contributed by atoms with Crippen LogP contribution in [0.25, 0.3) is 0 Å². The predicted octanol–water partition coefficient (Wildman–Crippen LogP) is 3.44. The van der Waals surface area contributed by atoms with Gasteiger partial charge < -0.3 is 14.4 Å². The van der Waals surface area contributed by atoms with E-state index in [9.17, 15) is 4.79 Å². The maximum absolute atomic E-state index is 12.1. The normalized spacial score (nSPS) is 11.5. The number of carbonyl (C=O) groups is 1. The van der Waals surface area contributed by atoms with Gasteiger partial charge in [-0.05, 0) is 37.1 Å². The lowest BCUT2D eigenvalue weighted by atomic mass is 9.99. The first kappa shape index (κ1) is 20.7. The highest BCUT2D eigenvalue weighted by atomic mass is 16.6. The topological polar surface area (TPSA) is 69.5 Å². The molecule has 2 aromatic rings. The number of esters is 1. The Labute approximate surface area is 164 Å². The van der Waals surface area contributed by atoms with E-state index in [1.165, 1.54) is 14.2 Å². The van der Waals surface area contributed by atoms with Crippen LogP contribution in [0.5, 0.6) is 0 Å². The van der Waals surface area contributed by atoms with Gasteiger partial charge in [0.1, 0.15) is 13.7 Å². The fraction of sp³-hybridized carbons (Fsp3) is 0.227. The molecule has 0 spiro atoms. The average molecular weight is 378 g/mol. The maximum atomic E-state index is 12.1. The van der Waals surface area contributed by atoms with Crippen LogP contribution in [-0.4, -0.2) is 31.6 Å². The maximum Gasteiger partial charge on any atom is 0.360 e. The first-order valence-electron chi connectivity index (χ1n) is 8.53. The summed E-state index contributed by atoms with van der Waals surface area (Å²) in [6.07, 6.45) is 5.37. The quantitative estimate of drug-likeness (QED) is 0.320.